The van der Waals surface area contributed by atoms with Crippen LogP contribution in [0.1, 0.15) is 37.7 Å². The van der Waals surface area contributed by atoms with Crippen molar-refractivity contribution in [2.45, 2.75) is 44.2 Å². The summed E-state index contributed by atoms with van der Waals surface area (Å²) >= 11 is 0. The Kier molecular flexibility index (Phi) is 8.36. The van der Waals surface area contributed by atoms with Crippen LogP contribution in [0.2, 0.25) is 0 Å². The number of likely N-dealkylation sites (tertiary alicyclic amines) is 1. The number of rotatable bonds is 10. The summed E-state index contributed by atoms with van der Waals surface area (Å²) in [6.45, 7) is 6.79. The lowest BCUT2D eigenvalue weighted by atomic mass is 9.92. The van der Waals surface area contributed by atoms with Crippen LogP contribution in [0.15, 0.2) is 36.7 Å². The molecule has 3 heterocycles. The van der Waals surface area contributed by atoms with E-state index in [1.807, 2.05) is 25.2 Å². The Bertz CT molecular complexity index is 875. The number of anilines is 2. The smallest absolute Gasteiger partial charge is 0.134 e. The molecule has 1 aromatic carbocycles. The number of aliphatic hydroxyl groups is 1. The summed E-state index contributed by atoms with van der Waals surface area (Å²) in [7, 11) is 1.84. The average Bonchev–Trinajstić information content (AvgIpc) is 2.85. The van der Waals surface area contributed by atoms with Gasteiger partial charge in [0.2, 0.25) is 0 Å². The molecular formula is C25H38N6O2. The second-order valence-corrected chi connectivity index (χ2v) is 9.26. The van der Waals surface area contributed by atoms with Gasteiger partial charge in [-0.15, -0.1) is 0 Å². The quantitative estimate of drug-likeness (QED) is 0.505. The van der Waals surface area contributed by atoms with Gasteiger partial charge in [0.15, 0.2) is 0 Å². The Balaban J connectivity index is 1.23. The fourth-order valence-corrected chi connectivity index (χ4v) is 4.77. The van der Waals surface area contributed by atoms with E-state index in [1.165, 1.54) is 32.4 Å². The number of hydrogen-bond donors (Lipinski definition) is 3. The fraction of sp³-hybridized carbons (Fsp3) is 0.600. The van der Waals surface area contributed by atoms with Gasteiger partial charge in [0.1, 0.15) is 30.3 Å². The third-order valence-electron chi connectivity index (χ3n) is 6.59. The van der Waals surface area contributed by atoms with E-state index in [1.54, 1.807) is 6.33 Å². The van der Waals surface area contributed by atoms with Gasteiger partial charge in [0.25, 0.3) is 0 Å². The van der Waals surface area contributed by atoms with Gasteiger partial charge in [-0.05, 0) is 56.5 Å². The molecule has 1 aromatic heterocycles. The van der Waals surface area contributed by atoms with E-state index in [0.29, 0.717) is 19.6 Å². The molecule has 1 atom stereocenters. The van der Waals surface area contributed by atoms with Crippen LogP contribution in [0, 0.1) is 0 Å². The molecule has 0 saturated carbocycles. The largest absolute Gasteiger partial charge is 0.492 e. The Morgan fingerprint density at radius 3 is 2.82 bits per heavy atom. The number of benzene rings is 1. The van der Waals surface area contributed by atoms with Crippen molar-refractivity contribution in [1.29, 1.82) is 0 Å². The molecule has 2 aromatic rings. The maximum atomic E-state index is 11.2. The number of nitrogens with zero attached hydrogens (tertiary/aromatic N) is 4. The highest BCUT2D eigenvalue weighted by molar-refractivity contribution is 5.48. The highest BCUT2D eigenvalue weighted by Crippen LogP contribution is 2.25. The first-order valence-corrected chi connectivity index (χ1v) is 12.3. The molecular weight excluding hydrogens is 416 g/mol. The zero-order chi connectivity index (χ0) is 22.9. The third kappa shape index (κ3) is 7.03. The minimum atomic E-state index is -0.786. The van der Waals surface area contributed by atoms with E-state index in [-0.39, 0.29) is 0 Å². The summed E-state index contributed by atoms with van der Waals surface area (Å²) in [6, 6.07) is 10.2. The molecule has 3 N–H and O–H groups in total. The first-order chi connectivity index (χ1) is 16.1. The summed E-state index contributed by atoms with van der Waals surface area (Å²) < 4.78 is 6.00. The number of nitrogens with one attached hydrogen (secondary N) is 2. The molecule has 0 radical (unpaired) electrons. The summed E-state index contributed by atoms with van der Waals surface area (Å²) in [5.41, 5.74) is 0.377. The van der Waals surface area contributed by atoms with Crippen molar-refractivity contribution < 1.29 is 9.84 Å². The van der Waals surface area contributed by atoms with Gasteiger partial charge in [-0.1, -0.05) is 18.6 Å². The van der Waals surface area contributed by atoms with Crippen LogP contribution >= 0.6 is 0 Å². The topological polar surface area (TPSA) is 85.8 Å². The van der Waals surface area contributed by atoms with Gasteiger partial charge in [0, 0.05) is 45.8 Å². The van der Waals surface area contributed by atoms with Crippen molar-refractivity contribution in [3.8, 4) is 5.75 Å². The van der Waals surface area contributed by atoms with E-state index >= 15 is 0 Å². The van der Waals surface area contributed by atoms with E-state index in [0.717, 1.165) is 55.5 Å². The van der Waals surface area contributed by atoms with Gasteiger partial charge in [0.05, 0.1) is 5.60 Å². The molecule has 2 fully saturated rings. The Morgan fingerprint density at radius 2 is 1.97 bits per heavy atom. The average molecular weight is 455 g/mol. The number of hydrogen-bond acceptors (Lipinski definition) is 8. The van der Waals surface area contributed by atoms with Crippen LogP contribution in [0.25, 0.3) is 0 Å². The molecule has 2 saturated heterocycles. The lowest BCUT2D eigenvalue weighted by Crippen LogP contribution is -2.53. The Hall–Kier alpha value is -2.42. The van der Waals surface area contributed by atoms with Crippen LogP contribution in [-0.4, -0.2) is 78.5 Å². The maximum Gasteiger partial charge on any atom is 0.134 e. The number of β-amino-alcohol motifs (C(OH)–C–C–N with tert-alkyl or cyclic N) is 1. The number of aromatic nitrogens is 2. The van der Waals surface area contributed by atoms with Crippen molar-refractivity contribution in [2.24, 2.45) is 0 Å². The molecule has 2 aliphatic rings. The molecule has 0 spiro atoms. The molecule has 4 rings (SSSR count). The summed E-state index contributed by atoms with van der Waals surface area (Å²) in [5.74, 6) is 2.55. The molecule has 0 bridgehead atoms. The number of piperidine rings is 2. The fourth-order valence-electron chi connectivity index (χ4n) is 4.77. The van der Waals surface area contributed by atoms with Crippen LogP contribution in [0.4, 0.5) is 11.6 Å². The van der Waals surface area contributed by atoms with Gasteiger partial charge in [-0.2, -0.15) is 0 Å². The van der Waals surface area contributed by atoms with Crippen LogP contribution in [0.3, 0.4) is 0 Å². The van der Waals surface area contributed by atoms with Gasteiger partial charge in [-0.3, -0.25) is 4.90 Å². The van der Waals surface area contributed by atoms with Crippen LogP contribution in [0.5, 0.6) is 5.75 Å². The first kappa shape index (κ1) is 23.7. The highest BCUT2D eigenvalue weighted by atomic mass is 16.5. The molecule has 0 aliphatic carbocycles. The van der Waals surface area contributed by atoms with Crippen LogP contribution in [-0.2, 0) is 6.54 Å². The van der Waals surface area contributed by atoms with E-state index in [2.05, 4.69) is 42.5 Å². The predicted octanol–water partition coefficient (Wildman–Crippen LogP) is 2.50. The molecule has 8 heteroatoms. The van der Waals surface area contributed by atoms with Gasteiger partial charge >= 0.3 is 0 Å². The predicted molar refractivity (Wildman–Crippen MR) is 132 cm³/mol. The Morgan fingerprint density at radius 1 is 1.09 bits per heavy atom. The molecule has 8 nitrogen and oxygen atoms in total. The molecule has 0 amide bonds. The van der Waals surface area contributed by atoms with Crippen molar-refractivity contribution in [3.63, 3.8) is 0 Å². The third-order valence-corrected chi connectivity index (χ3v) is 6.59. The highest BCUT2D eigenvalue weighted by Gasteiger charge is 2.33. The first-order valence-electron chi connectivity index (χ1n) is 12.3. The van der Waals surface area contributed by atoms with E-state index < -0.39 is 5.60 Å². The molecule has 0 unspecified atom stereocenters. The summed E-state index contributed by atoms with van der Waals surface area (Å²) in [4.78, 5) is 13.2. The normalized spacial score (nSPS) is 21.7. The van der Waals surface area contributed by atoms with Gasteiger partial charge < -0.3 is 25.4 Å². The van der Waals surface area contributed by atoms with Crippen molar-refractivity contribution >= 4 is 11.6 Å². The van der Waals surface area contributed by atoms with Crippen molar-refractivity contribution in [2.75, 3.05) is 63.1 Å². The minimum absolute atomic E-state index is 0.535. The molecule has 33 heavy (non-hydrogen) atoms. The Labute approximate surface area is 197 Å². The van der Waals surface area contributed by atoms with Crippen molar-refractivity contribution in [3.05, 3.63) is 42.2 Å². The maximum absolute atomic E-state index is 11.2. The zero-order valence-corrected chi connectivity index (χ0v) is 19.8. The van der Waals surface area contributed by atoms with E-state index in [9.17, 15) is 5.11 Å². The molecule has 180 valence electrons. The lowest BCUT2D eigenvalue weighted by molar-refractivity contribution is 0.0259. The van der Waals surface area contributed by atoms with Crippen molar-refractivity contribution in [1.82, 2.24) is 20.2 Å². The van der Waals surface area contributed by atoms with Crippen LogP contribution < -0.4 is 20.3 Å². The monoisotopic (exact) mass is 454 g/mol. The second-order valence-electron chi connectivity index (χ2n) is 9.26. The summed E-state index contributed by atoms with van der Waals surface area (Å²) in [6.07, 6.45) is 7.24. The zero-order valence-electron chi connectivity index (χ0n) is 19.8. The minimum Gasteiger partial charge on any atom is -0.492 e. The summed E-state index contributed by atoms with van der Waals surface area (Å²) in [5, 5.41) is 17.7. The molecule has 2 aliphatic heterocycles. The van der Waals surface area contributed by atoms with Gasteiger partial charge in [-0.25, -0.2) is 9.97 Å². The lowest BCUT2D eigenvalue weighted by Gasteiger charge is -2.40. The SMILES string of the molecule is CNc1cc(N2CCC[C@@](O)(CNCc3cccc(OCCN4CCCCC4)c3)C2)ncn1. The van der Waals surface area contributed by atoms with E-state index in [4.69, 9.17) is 4.74 Å². The standard InChI is InChI=1S/C25H38N6O2/c1-26-23-16-24(29-20-28-23)31-12-6-9-25(32,19-31)18-27-17-21-7-5-8-22(15-21)33-14-13-30-10-3-2-4-11-30/h5,7-8,15-16,20,27,32H,2-4,6,9-14,17-19H2,1H3,(H,26,28,29)/t25-/m1/s1. The second kappa shape index (κ2) is 11.6. The number of ether oxygens (including phenoxy) is 1.